The van der Waals surface area contributed by atoms with Crippen molar-refractivity contribution in [2.24, 2.45) is 5.92 Å². The molecule has 0 spiro atoms. The van der Waals surface area contributed by atoms with Crippen LogP contribution in [0.25, 0.3) is 0 Å². The van der Waals surface area contributed by atoms with E-state index in [0.717, 1.165) is 5.82 Å². The van der Waals surface area contributed by atoms with Crippen LogP contribution in [0.4, 0.5) is 0 Å². The molecule has 7 heteroatoms. The Morgan fingerprint density at radius 3 is 3.06 bits per heavy atom. The van der Waals surface area contributed by atoms with Crippen molar-refractivity contribution in [1.29, 1.82) is 0 Å². The van der Waals surface area contributed by atoms with Crippen LogP contribution in [0.5, 0.6) is 0 Å². The van der Waals surface area contributed by atoms with Gasteiger partial charge in [-0.15, -0.1) is 24.8 Å². The van der Waals surface area contributed by atoms with Crippen molar-refractivity contribution in [3.8, 4) is 0 Å². The molecule has 1 aliphatic rings. The highest BCUT2D eigenvalue weighted by Gasteiger charge is 2.23. The van der Waals surface area contributed by atoms with Crippen LogP contribution >= 0.6 is 24.8 Å². The van der Waals surface area contributed by atoms with Gasteiger partial charge in [0.25, 0.3) is 0 Å². The Hall–Kier alpha value is -0.780. The number of hydrogen-bond acceptors (Lipinski definition) is 4. The fraction of sp³-hybridized carbons (Fsp3) is 0.556. The molecule has 0 fully saturated rings. The van der Waals surface area contributed by atoms with Crippen molar-refractivity contribution >= 4 is 30.8 Å². The Morgan fingerprint density at radius 1 is 1.62 bits per heavy atom. The number of rotatable bonds is 1. The van der Waals surface area contributed by atoms with Gasteiger partial charge >= 0.3 is 5.97 Å². The van der Waals surface area contributed by atoms with Crippen molar-refractivity contribution in [3.63, 3.8) is 0 Å². The van der Waals surface area contributed by atoms with Crippen LogP contribution in [0.1, 0.15) is 5.82 Å². The fourth-order valence-corrected chi connectivity index (χ4v) is 1.66. The lowest BCUT2D eigenvalue weighted by Gasteiger charge is -2.11. The lowest BCUT2D eigenvalue weighted by atomic mass is 10.1. The van der Waals surface area contributed by atoms with Crippen molar-refractivity contribution < 1.29 is 9.53 Å². The van der Waals surface area contributed by atoms with E-state index in [2.05, 4.69) is 10.3 Å². The number of ether oxygens (including phenoxy) is 1. The predicted octanol–water partition coefficient (Wildman–Crippen LogP) is 0.619. The average molecular weight is 268 g/mol. The minimum absolute atomic E-state index is 0. The third-order valence-corrected chi connectivity index (χ3v) is 2.43. The first-order valence-electron chi connectivity index (χ1n) is 4.60. The molecular formula is C9H15Cl2N3O2. The molecule has 92 valence electrons. The number of nitrogens with one attached hydrogen (secondary N) is 1. The normalized spacial score (nSPS) is 18.4. The van der Waals surface area contributed by atoms with Crippen molar-refractivity contribution in [2.45, 2.75) is 13.1 Å². The minimum Gasteiger partial charge on any atom is -0.469 e. The standard InChI is InChI=1S/C9H13N3O2.2ClH/c1-14-9(13)7-4-10-5-8-11-2-3-12(8)6-7;;/h2-3,7,10H,4-6H2,1H3;2*1H. The van der Waals surface area contributed by atoms with Crippen LogP contribution in [-0.2, 0) is 22.6 Å². The second kappa shape index (κ2) is 6.73. The molecule has 0 aliphatic carbocycles. The maximum atomic E-state index is 11.4. The van der Waals surface area contributed by atoms with E-state index in [1.807, 2.05) is 10.8 Å². The molecule has 0 bridgehead atoms. The highest BCUT2D eigenvalue weighted by Crippen LogP contribution is 2.09. The topological polar surface area (TPSA) is 56.1 Å². The average Bonchev–Trinajstić information content (AvgIpc) is 2.54. The summed E-state index contributed by atoms with van der Waals surface area (Å²) in [6, 6.07) is 0. The molecule has 2 rings (SSSR count). The minimum atomic E-state index is -0.168. The summed E-state index contributed by atoms with van der Waals surface area (Å²) < 4.78 is 6.71. The quantitative estimate of drug-likeness (QED) is 0.759. The van der Waals surface area contributed by atoms with E-state index < -0.39 is 0 Å². The molecule has 2 heterocycles. The first-order valence-corrected chi connectivity index (χ1v) is 4.60. The van der Waals surface area contributed by atoms with E-state index in [0.29, 0.717) is 19.6 Å². The van der Waals surface area contributed by atoms with E-state index in [-0.39, 0.29) is 36.7 Å². The Morgan fingerprint density at radius 2 is 2.38 bits per heavy atom. The highest BCUT2D eigenvalue weighted by atomic mass is 35.5. The van der Waals surface area contributed by atoms with E-state index in [1.165, 1.54) is 7.11 Å². The maximum Gasteiger partial charge on any atom is 0.311 e. The fourth-order valence-electron chi connectivity index (χ4n) is 1.66. The molecule has 1 aromatic rings. The summed E-state index contributed by atoms with van der Waals surface area (Å²) in [5.41, 5.74) is 0. The van der Waals surface area contributed by atoms with Gasteiger partial charge in [-0.1, -0.05) is 0 Å². The molecule has 0 saturated carbocycles. The monoisotopic (exact) mass is 267 g/mol. The molecule has 0 aromatic carbocycles. The maximum absolute atomic E-state index is 11.4. The number of esters is 1. The van der Waals surface area contributed by atoms with Gasteiger partial charge in [0.15, 0.2) is 0 Å². The summed E-state index contributed by atoms with van der Waals surface area (Å²) in [6.45, 7) is 2.01. The summed E-state index contributed by atoms with van der Waals surface area (Å²) >= 11 is 0. The third-order valence-electron chi connectivity index (χ3n) is 2.43. The predicted molar refractivity (Wildman–Crippen MR) is 63.9 cm³/mol. The van der Waals surface area contributed by atoms with Crippen LogP contribution in [0.15, 0.2) is 12.4 Å². The lowest BCUT2D eigenvalue weighted by molar-refractivity contribution is -0.145. The second-order valence-electron chi connectivity index (χ2n) is 3.35. The van der Waals surface area contributed by atoms with Gasteiger partial charge in [-0.05, 0) is 0 Å². The number of nitrogens with zero attached hydrogens (tertiary/aromatic N) is 2. The summed E-state index contributed by atoms with van der Waals surface area (Å²) in [6.07, 6.45) is 3.63. The summed E-state index contributed by atoms with van der Waals surface area (Å²) in [7, 11) is 1.42. The van der Waals surface area contributed by atoms with Crippen LogP contribution in [0, 0.1) is 5.92 Å². The van der Waals surface area contributed by atoms with Crippen LogP contribution < -0.4 is 5.32 Å². The summed E-state index contributed by atoms with van der Waals surface area (Å²) in [4.78, 5) is 15.5. The molecule has 1 N–H and O–H groups in total. The molecule has 16 heavy (non-hydrogen) atoms. The first kappa shape index (κ1) is 15.2. The number of methoxy groups -OCH3 is 1. The number of halogens is 2. The Kier molecular flexibility index (Phi) is 6.40. The van der Waals surface area contributed by atoms with Gasteiger partial charge in [-0.2, -0.15) is 0 Å². The number of fused-ring (bicyclic) bond motifs is 1. The van der Waals surface area contributed by atoms with Gasteiger partial charge in [0, 0.05) is 25.5 Å². The SMILES string of the molecule is COC(=O)C1CNCc2nccn2C1.Cl.Cl. The number of imidazole rings is 1. The molecule has 0 amide bonds. The van der Waals surface area contributed by atoms with Crippen LogP contribution in [0.3, 0.4) is 0 Å². The summed E-state index contributed by atoms with van der Waals surface area (Å²) in [5, 5.41) is 3.17. The van der Waals surface area contributed by atoms with E-state index in [9.17, 15) is 4.79 Å². The number of aromatic nitrogens is 2. The molecule has 1 aromatic heterocycles. The van der Waals surface area contributed by atoms with Gasteiger partial charge < -0.3 is 14.6 Å². The molecule has 0 radical (unpaired) electrons. The van der Waals surface area contributed by atoms with Crippen LogP contribution in [-0.4, -0.2) is 29.2 Å². The Balaban J connectivity index is 0.00000112. The Bertz CT molecular complexity index is 343. The summed E-state index contributed by atoms with van der Waals surface area (Å²) in [5.74, 6) is 0.686. The molecular weight excluding hydrogens is 253 g/mol. The van der Waals surface area contributed by atoms with Crippen LogP contribution in [0.2, 0.25) is 0 Å². The number of hydrogen-bond donors (Lipinski definition) is 1. The third kappa shape index (κ3) is 3.10. The molecule has 1 atom stereocenters. The molecule has 1 aliphatic heterocycles. The van der Waals surface area contributed by atoms with Gasteiger partial charge in [0.05, 0.1) is 19.6 Å². The van der Waals surface area contributed by atoms with Gasteiger partial charge in [0.2, 0.25) is 0 Å². The van der Waals surface area contributed by atoms with Crippen molar-refractivity contribution in [3.05, 3.63) is 18.2 Å². The first-order chi connectivity index (χ1) is 6.81. The van der Waals surface area contributed by atoms with Crippen molar-refractivity contribution in [1.82, 2.24) is 14.9 Å². The molecule has 0 saturated heterocycles. The molecule has 5 nitrogen and oxygen atoms in total. The zero-order valence-corrected chi connectivity index (χ0v) is 10.5. The van der Waals surface area contributed by atoms with Gasteiger partial charge in [-0.25, -0.2) is 4.98 Å². The van der Waals surface area contributed by atoms with E-state index in [1.54, 1.807) is 6.20 Å². The zero-order valence-electron chi connectivity index (χ0n) is 8.88. The second-order valence-corrected chi connectivity index (χ2v) is 3.35. The number of carbonyl (C=O) groups is 1. The Labute approximate surface area is 106 Å². The van der Waals surface area contributed by atoms with Crippen molar-refractivity contribution in [2.75, 3.05) is 13.7 Å². The lowest BCUT2D eigenvalue weighted by Crippen LogP contribution is -2.29. The van der Waals surface area contributed by atoms with Gasteiger partial charge in [0.1, 0.15) is 5.82 Å². The zero-order chi connectivity index (χ0) is 9.97. The van der Waals surface area contributed by atoms with E-state index in [4.69, 9.17) is 4.74 Å². The molecule has 1 unspecified atom stereocenters. The largest absolute Gasteiger partial charge is 0.469 e. The number of carbonyl (C=O) groups excluding carboxylic acids is 1. The van der Waals surface area contributed by atoms with Gasteiger partial charge in [-0.3, -0.25) is 4.79 Å². The van der Waals surface area contributed by atoms with E-state index >= 15 is 0 Å². The highest BCUT2D eigenvalue weighted by molar-refractivity contribution is 5.85. The smallest absolute Gasteiger partial charge is 0.311 e.